The zero-order valence-corrected chi connectivity index (χ0v) is 20.2. The number of nitrogens with one attached hydrogen (secondary N) is 2. The lowest BCUT2D eigenvalue weighted by atomic mass is 10.1. The first-order valence-corrected chi connectivity index (χ1v) is 11.8. The lowest BCUT2D eigenvalue weighted by Gasteiger charge is -2.25. The fourth-order valence-electron chi connectivity index (χ4n) is 3.67. The molecule has 10 heteroatoms. The Balaban J connectivity index is 1.37. The third-order valence-electron chi connectivity index (χ3n) is 5.39. The molecular weight excluding hydrogens is 454 g/mol. The van der Waals surface area contributed by atoms with Crippen LogP contribution in [0.4, 0.5) is 5.13 Å². The number of anilines is 1. The van der Waals surface area contributed by atoms with Crippen molar-refractivity contribution < 1.29 is 19.1 Å². The lowest BCUT2D eigenvalue weighted by molar-refractivity contribution is 0.0848. The predicted octanol–water partition coefficient (Wildman–Crippen LogP) is 2.95. The SMILES string of the molecule is Cc1cc(C(=O)NNC(=O)c2sc(N3CCOCC3)nc2C)cc(C)c1OCc1cccnc1. The Kier molecular flexibility index (Phi) is 7.39. The van der Waals surface area contributed by atoms with Gasteiger partial charge in [-0.3, -0.25) is 25.4 Å². The molecule has 0 unspecified atom stereocenters. The Labute approximate surface area is 202 Å². The summed E-state index contributed by atoms with van der Waals surface area (Å²) in [5.41, 5.74) is 8.68. The average molecular weight is 482 g/mol. The van der Waals surface area contributed by atoms with Gasteiger partial charge < -0.3 is 14.4 Å². The molecule has 0 spiro atoms. The smallest absolute Gasteiger partial charge is 0.281 e. The van der Waals surface area contributed by atoms with Crippen LogP contribution in [-0.4, -0.2) is 48.1 Å². The Morgan fingerprint density at radius 3 is 2.50 bits per heavy atom. The minimum Gasteiger partial charge on any atom is -0.488 e. The number of carbonyl (C=O) groups excluding carboxylic acids is 2. The summed E-state index contributed by atoms with van der Waals surface area (Å²) >= 11 is 1.31. The van der Waals surface area contributed by atoms with Crippen LogP contribution in [0.5, 0.6) is 5.75 Å². The van der Waals surface area contributed by atoms with Crippen molar-refractivity contribution in [2.75, 3.05) is 31.2 Å². The second-order valence-electron chi connectivity index (χ2n) is 8.01. The van der Waals surface area contributed by atoms with E-state index in [9.17, 15) is 9.59 Å². The summed E-state index contributed by atoms with van der Waals surface area (Å²) in [4.78, 5) is 36.5. The second kappa shape index (κ2) is 10.6. The number of hydrazine groups is 1. The monoisotopic (exact) mass is 481 g/mol. The number of amides is 2. The van der Waals surface area contributed by atoms with E-state index in [1.807, 2.05) is 26.0 Å². The van der Waals surface area contributed by atoms with E-state index in [1.165, 1.54) is 11.3 Å². The molecule has 0 bridgehead atoms. The number of morpholine rings is 1. The van der Waals surface area contributed by atoms with Crippen LogP contribution in [0.15, 0.2) is 36.7 Å². The topological polar surface area (TPSA) is 106 Å². The van der Waals surface area contributed by atoms with Gasteiger partial charge in [-0.05, 0) is 50.1 Å². The molecule has 1 fully saturated rings. The number of thiazole rings is 1. The van der Waals surface area contributed by atoms with Crippen LogP contribution in [0.1, 0.15) is 42.4 Å². The van der Waals surface area contributed by atoms with E-state index in [0.717, 1.165) is 40.7 Å². The Morgan fingerprint density at radius 2 is 1.82 bits per heavy atom. The van der Waals surface area contributed by atoms with Gasteiger partial charge in [0.1, 0.15) is 17.2 Å². The summed E-state index contributed by atoms with van der Waals surface area (Å²) in [7, 11) is 0. The molecule has 1 aliphatic heterocycles. The number of aromatic nitrogens is 2. The molecular formula is C24H27N5O4S. The average Bonchev–Trinajstić information content (AvgIpc) is 3.24. The molecule has 1 aliphatic rings. The van der Waals surface area contributed by atoms with E-state index >= 15 is 0 Å². The molecule has 9 nitrogen and oxygen atoms in total. The minimum absolute atomic E-state index is 0.387. The molecule has 4 rings (SSSR count). The number of hydrogen-bond acceptors (Lipinski definition) is 8. The van der Waals surface area contributed by atoms with Crippen LogP contribution in [0.3, 0.4) is 0 Å². The van der Waals surface area contributed by atoms with Gasteiger partial charge in [0.05, 0.1) is 18.9 Å². The summed E-state index contributed by atoms with van der Waals surface area (Å²) in [6.07, 6.45) is 3.47. The number of rotatable bonds is 6. The summed E-state index contributed by atoms with van der Waals surface area (Å²) in [5.74, 6) is -0.0815. The fraction of sp³-hybridized carbons (Fsp3) is 0.333. The summed E-state index contributed by atoms with van der Waals surface area (Å²) in [6.45, 7) is 8.71. The maximum atomic E-state index is 12.7. The first-order chi connectivity index (χ1) is 16.4. The molecule has 0 atom stereocenters. The second-order valence-corrected chi connectivity index (χ2v) is 8.99. The van der Waals surface area contributed by atoms with E-state index in [-0.39, 0.29) is 0 Å². The quantitative estimate of drug-likeness (QED) is 0.522. The summed E-state index contributed by atoms with van der Waals surface area (Å²) in [5, 5.41) is 0.783. The van der Waals surface area contributed by atoms with Gasteiger partial charge in [-0.2, -0.15) is 0 Å². The van der Waals surface area contributed by atoms with E-state index in [1.54, 1.807) is 31.5 Å². The van der Waals surface area contributed by atoms with Crippen LogP contribution in [-0.2, 0) is 11.3 Å². The molecule has 1 saturated heterocycles. The predicted molar refractivity (Wildman–Crippen MR) is 129 cm³/mol. The van der Waals surface area contributed by atoms with Crippen molar-refractivity contribution in [1.29, 1.82) is 0 Å². The molecule has 178 valence electrons. The Hall–Kier alpha value is -3.50. The third-order valence-corrected chi connectivity index (χ3v) is 6.61. The lowest BCUT2D eigenvalue weighted by Crippen LogP contribution is -2.41. The first kappa shape index (κ1) is 23.7. The molecule has 2 amide bonds. The maximum Gasteiger partial charge on any atom is 0.281 e. The zero-order chi connectivity index (χ0) is 24.1. The molecule has 0 saturated carbocycles. The normalized spacial score (nSPS) is 13.4. The number of ether oxygens (including phenoxy) is 2. The first-order valence-electron chi connectivity index (χ1n) is 11.0. The molecule has 2 N–H and O–H groups in total. The van der Waals surface area contributed by atoms with Gasteiger partial charge in [-0.1, -0.05) is 17.4 Å². The highest BCUT2D eigenvalue weighted by atomic mass is 32.1. The molecule has 34 heavy (non-hydrogen) atoms. The molecule has 0 aliphatic carbocycles. The van der Waals surface area contributed by atoms with Crippen molar-refractivity contribution in [2.24, 2.45) is 0 Å². The summed E-state index contributed by atoms with van der Waals surface area (Å²) in [6, 6.07) is 7.28. The molecule has 3 heterocycles. The van der Waals surface area contributed by atoms with Crippen molar-refractivity contribution in [3.05, 3.63) is 69.5 Å². The van der Waals surface area contributed by atoms with Gasteiger partial charge in [0.25, 0.3) is 11.8 Å². The van der Waals surface area contributed by atoms with Crippen LogP contribution >= 0.6 is 11.3 Å². The van der Waals surface area contributed by atoms with Gasteiger partial charge in [0.2, 0.25) is 0 Å². The van der Waals surface area contributed by atoms with Crippen molar-refractivity contribution in [3.8, 4) is 5.75 Å². The Bertz CT molecular complexity index is 1150. The number of pyridine rings is 1. The van der Waals surface area contributed by atoms with E-state index in [0.29, 0.717) is 36.0 Å². The fourth-order valence-corrected chi connectivity index (χ4v) is 4.69. The van der Waals surface area contributed by atoms with Gasteiger partial charge in [0.15, 0.2) is 5.13 Å². The molecule has 0 radical (unpaired) electrons. The van der Waals surface area contributed by atoms with E-state index < -0.39 is 11.8 Å². The van der Waals surface area contributed by atoms with Gasteiger partial charge >= 0.3 is 0 Å². The van der Waals surface area contributed by atoms with Crippen molar-refractivity contribution in [2.45, 2.75) is 27.4 Å². The van der Waals surface area contributed by atoms with Crippen LogP contribution in [0, 0.1) is 20.8 Å². The largest absolute Gasteiger partial charge is 0.488 e. The zero-order valence-electron chi connectivity index (χ0n) is 19.4. The highest BCUT2D eigenvalue weighted by molar-refractivity contribution is 7.17. The van der Waals surface area contributed by atoms with Crippen LogP contribution in [0.25, 0.3) is 0 Å². The standard InChI is InChI=1S/C24H27N5O4S/c1-15-11-19(12-16(2)20(15)33-14-18-5-4-6-25-13-18)22(30)27-28-23(31)21-17(3)26-24(34-21)29-7-9-32-10-8-29/h4-6,11-13H,7-10,14H2,1-3H3,(H,27,30)(H,28,31). The highest BCUT2D eigenvalue weighted by Crippen LogP contribution is 2.27. The van der Waals surface area contributed by atoms with Gasteiger partial charge in [0, 0.05) is 36.6 Å². The van der Waals surface area contributed by atoms with E-state index in [4.69, 9.17) is 9.47 Å². The number of hydrogen-bond donors (Lipinski definition) is 2. The van der Waals surface area contributed by atoms with Crippen LogP contribution < -0.4 is 20.5 Å². The minimum atomic E-state index is -0.408. The van der Waals surface area contributed by atoms with Crippen molar-refractivity contribution in [1.82, 2.24) is 20.8 Å². The highest BCUT2D eigenvalue weighted by Gasteiger charge is 2.21. The van der Waals surface area contributed by atoms with Crippen molar-refractivity contribution >= 4 is 28.3 Å². The Morgan fingerprint density at radius 1 is 1.12 bits per heavy atom. The molecule has 1 aromatic carbocycles. The summed E-state index contributed by atoms with van der Waals surface area (Å²) < 4.78 is 11.3. The van der Waals surface area contributed by atoms with Gasteiger partial charge in [-0.25, -0.2) is 4.98 Å². The maximum absolute atomic E-state index is 12.7. The van der Waals surface area contributed by atoms with Crippen LogP contribution in [0.2, 0.25) is 0 Å². The number of nitrogens with zero attached hydrogens (tertiary/aromatic N) is 3. The number of benzene rings is 1. The van der Waals surface area contributed by atoms with Crippen molar-refractivity contribution in [3.63, 3.8) is 0 Å². The van der Waals surface area contributed by atoms with Gasteiger partial charge in [-0.15, -0.1) is 0 Å². The third kappa shape index (κ3) is 5.52. The molecule has 3 aromatic rings. The van der Waals surface area contributed by atoms with E-state index in [2.05, 4.69) is 25.7 Å². The number of aryl methyl sites for hydroxylation is 3. The number of carbonyl (C=O) groups is 2. The molecule has 2 aromatic heterocycles.